The summed E-state index contributed by atoms with van der Waals surface area (Å²) in [6.45, 7) is 1.82. The molecule has 0 spiro atoms. The molecule has 1 unspecified atom stereocenters. The molecule has 7 heteroatoms. The van der Waals surface area contributed by atoms with Gasteiger partial charge in [0.05, 0.1) is 16.7 Å². The Hall–Kier alpha value is -3.48. The van der Waals surface area contributed by atoms with Gasteiger partial charge < -0.3 is 4.90 Å². The highest BCUT2D eigenvalue weighted by Gasteiger charge is 2.22. The fourth-order valence-corrected chi connectivity index (χ4v) is 2.68. The van der Waals surface area contributed by atoms with Gasteiger partial charge in [0.2, 0.25) is 0 Å². The van der Waals surface area contributed by atoms with E-state index in [0.29, 0.717) is 17.0 Å². The lowest BCUT2D eigenvalue weighted by atomic mass is 10.1. The maximum absolute atomic E-state index is 12.7. The van der Waals surface area contributed by atoms with Crippen LogP contribution in [-0.4, -0.2) is 33.0 Å². The van der Waals surface area contributed by atoms with Gasteiger partial charge >= 0.3 is 0 Å². The zero-order valence-electron chi connectivity index (χ0n) is 14.4. The predicted octanol–water partition coefficient (Wildman–Crippen LogP) is 3.82. The number of aromatic nitrogens is 2. The van der Waals surface area contributed by atoms with Gasteiger partial charge in [-0.15, -0.1) is 0 Å². The number of non-ortho nitro benzene ring substituents is 1. The Labute approximate surface area is 150 Å². The molecule has 0 saturated carbocycles. The van der Waals surface area contributed by atoms with E-state index in [0.717, 1.165) is 5.56 Å². The minimum absolute atomic E-state index is 0.00287. The first-order chi connectivity index (χ1) is 12.5. The number of amides is 1. The highest BCUT2D eigenvalue weighted by atomic mass is 16.6. The Morgan fingerprint density at radius 1 is 1.15 bits per heavy atom. The summed E-state index contributed by atoms with van der Waals surface area (Å²) in [4.78, 5) is 24.8. The molecule has 0 fully saturated rings. The molecule has 0 saturated heterocycles. The van der Waals surface area contributed by atoms with Crippen molar-refractivity contribution >= 4 is 11.6 Å². The zero-order chi connectivity index (χ0) is 18.7. The predicted molar refractivity (Wildman–Crippen MR) is 97.6 cm³/mol. The summed E-state index contributed by atoms with van der Waals surface area (Å²) in [5, 5.41) is 17.9. The van der Waals surface area contributed by atoms with Crippen molar-refractivity contribution in [3.05, 3.63) is 82.0 Å². The van der Waals surface area contributed by atoms with Gasteiger partial charge in [0, 0.05) is 24.7 Å². The maximum atomic E-state index is 12.7. The third-order valence-corrected chi connectivity index (χ3v) is 4.34. The zero-order valence-corrected chi connectivity index (χ0v) is 14.4. The number of nitrogens with one attached hydrogen (secondary N) is 1. The molecular formula is C19H18N4O3. The van der Waals surface area contributed by atoms with E-state index in [4.69, 9.17) is 0 Å². The molecule has 1 aromatic heterocycles. The number of aromatic amines is 1. The SMILES string of the molecule is CC(c1cccc([N+](=O)[O-])c1)N(C)C(=O)c1cc(-c2ccccc2)n[nH]1. The Balaban J connectivity index is 1.80. The molecule has 1 amide bonds. The summed E-state index contributed by atoms with van der Waals surface area (Å²) in [5.74, 6) is -0.237. The van der Waals surface area contributed by atoms with Crippen LogP contribution < -0.4 is 0 Å². The number of H-pyrrole nitrogens is 1. The van der Waals surface area contributed by atoms with Crippen molar-refractivity contribution < 1.29 is 9.72 Å². The number of rotatable bonds is 5. The van der Waals surface area contributed by atoms with E-state index in [1.165, 1.54) is 17.0 Å². The van der Waals surface area contributed by atoms with Gasteiger partial charge in [0.25, 0.3) is 11.6 Å². The quantitative estimate of drug-likeness (QED) is 0.559. The lowest BCUT2D eigenvalue weighted by molar-refractivity contribution is -0.384. The molecule has 0 radical (unpaired) electrons. The number of hydrogen-bond acceptors (Lipinski definition) is 4. The fourth-order valence-electron chi connectivity index (χ4n) is 2.68. The topological polar surface area (TPSA) is 92.1 Å². The molecule has 2 aromatic carbocycles. The Morgan fingerprint density at radius 3 is 2.58 bits per heavy atom. The molecule has 0 aliphatic carbocycles. The van der Waals surface area contributed by atoms with Gasteiger partial charge in [0.15, 0.2) is 0 Å². The molecule has 132 valence electrons. The number of nitrogens with zero attached hydrogens (tertiary/aromatic N) is 3. The largest absolute Gasteiger partial charge is 0.334 e. The van der Waals surface area contributed by atoms with Crippen LogP contribution in [0.4, 0.5) is 5.69 Å². The van der Waals surface area contributed by atoms with Crippen LogP contribution >= 0.6 is 0 Å². The number of nitro benzene ring substituents is 1. The second kappa shape index (κ2) is 7.18. The number of hydrogen-bond donors (Lipinski definition) is 1. The van der Waals surface area contributed by atoms with E-state index in [1.54, 1.807) is 25.2 Å². The van der Waals surface area contributed by atoms with Gasteiger partial charge in [0.1, 0.15) is 5.69 Å². The van der Waals surface area contributed by atoms with Crippen molar-refractivity contribution in [1.29, 1.82) is 0 Å². The number of carbonyl (C=O) groups is 1. The van der Waals surface area contributed by atoms with Gasteiger partial charge in [-0.05, 0) is 18.6 Å². The van der Waals surface area contributed by atoms with Crippen LogP contribution in [0.5, 0.6) is 0 Å². The summed E-state index contributed by atoms with van der Waals surface area (Å²) < 4.78 is 0. The summed E-state index contributed by atoms with van der Waals surface area (Å²) in [6, 6.07) is 17.2. The van der Waals surface area contributed by atoms with Crippen molar-refractivity contribution in [2.24, 2.45) is 0 Å². The Kier molecular flexibility index (Phi) is 4.79. The van der Waals surface area contributed by atoms with E-state index < -0.39 is 4.92 Å². The average molecular weight is 350 g/mol. The molecule has 3 aromatic rings. The molecule has 26 heavy (non-hydrogen) atoms. The van der Waals surface area contributed by atoms with E-state index in [-0.39, 0.29) is 17.6 Å². The highest BCUT2D eigenvalue weighted by molar-refractivity contribution is 5.93. The summed E-state index contributed by atoms with van der Waals surface area (Å²) in [7, 11) is 1.66. The van der Waals surface area contributed by atoms with Crippen molar-refractivity contribution in [2.75, 3.05) is 7.05 Å². The highest BCUT2D eigenvalue weighted by Crippen LogP contribution is 2.25. The van der Waals surface area contributed by atoms with Crippen LogP contribution in [0, 0.1) is 10.1 Å². The van der Waals surface area contributed by atoms with Gasteiger partial charge in [-0.25, -0.2) is 0 Å². The third-order valence-electron chi connectivity index (χ3n) is 4.34. The van der Waals surface area contributed by atoms with Crippen molar-refractivity contribution in [3.8, 4) is 11.3 Å². The minimum Gasteiger partial charge on any atom is -0.334 e. The molecule has 0 bridgehead atoms. The summed E-state index contributed by atoms with van der Waals surface area (Å²) >= 11 is 0. The van der Waals surface area contributed by atoms with E-state index in [1.807, 2.05) is 37.3 Å². The van der Waals surface area contributed by atoms with Crippen molar-refractivity contribution in [3.63, 3.8) is 0 Å². The van der Waals surface area contributed by atoms with Crippen LogP contribution in [0.25, 0.3) is 11.3 Å². The lowest BCUT2D eigenvalue weighted by Gasteiger charge is -2.24. The Bertz CT molecular complexity index is 937. The van der Waals surface area contributed by atoms with Crippen molar-refractivity contribution in [1.82, 2.24) is 15.1 Å². The number of benzene rings is 2. The smallest absolute Gasteiger partial charge is 0.272 e. The van der Waals surface area contributed by atoms with Gasteiger partial charge in [-0.2, -0.15) is 5.10 Å². The molecular weight excluding hydrogens is 332 g/mol. The monoisotopic (exact) mass is 350 g/mol. The second-order valence-electron chi connectivity index (χ2n) is 5.98. The van der Waals surface area contributed by atoms with Crippen molar-refractivity contribution in [2.45, 2.75) is 13.0 Å². The van der Waals surface area contributed by atoms with Crippen LogP contribution in [0.15, 0.2) is 60.7 Å². The first kappa shape index (κ1) is 17.3. The molecule has 0 aliphatic heterocycles. The minimum atomic E-state index is -0.445. The number of carbonyl (C=O) groups excluding carboxylic acids is 1. The fraction of sp³-hybridized carbons (Fsp3) is 0.158. The number of nitro groups is 1. The normalized spacial score (nSPS) is 11.8. The molecule has 0 aliphatic rings. The summed E-state index contributed by atoms with van der Waals surface area (Å²) in [6.07, 6.45) is 0. The van der Waals surface area contributed by atoms with Crippen LogP contribution in [0.2, 0.25) is 0 Å². The molecule has 1 atom stereocenters. The molecule has 7 nitrogen and oxygen atoms in total. The third kappa shape index (κ3) is 3.46. The van der Waals surface area contributed by atoms with Gasteiger partial charge in [-0.1, -0.05) is 42.5 Å². The maximum Gasteiger partial charge on any atom is 0.272 e. The van der Waals surface area contributed by atoms with Crippen LogP contribution in [0.3, 0.4) is 0 Å². The Morgan fingerprint density at radius 2 is 1.88 bits per heavy atom. The van der Waals surface area contributed by atoms with Crippen LogP contribution in [0.1, 0.15) is 29.0 Å². The van der Waals surface area contributed by atoms with Gasteiger partial charge in [-0.3, -0.25) is 20.0 Å². The first-order valence-corrected chi connectivity index (χ1v) is 8.09. The molecule has 1 heterocycles. The van der Waals surface area contributed by atoms with E-state index in [2.05, 4.69) is 10.2 Å². The van der Waals surface area contributed by atoms with E-state index in [9.17, 15) is 14.9 Å². The molecule has 1 N–H and O–H groups in total. The second-order valence-corrected chi connectivity index (χ2v) is 5.98. The first-order valence-electron chi connectivity index (χ1n) is 8.09. The summed E-state index contributed by atoms with van der Waals surface area (Å²) in [5.41, 5.74) is 2.66. The average Bonchev–Trinajstić information content (AvgIpc) is 3.17. The van der Waals surface area contributed by atoms with E-state index >= 15 is 0 Å². The standard InChI is InChI=1S/C19H18N4O3/c1-13(15-9-6-10-16(11-15)23(25)26)22(2)19(24)18-12-17(20-21-18)14-7-4-3-5-8-14/h3-13H,1-2H3,(H,20,21). The lowest BCUT2D eigenvalue weighted by Crippen LogP contribution is -2.30. The van der Waals surface area contributed by atoms with Crippen LogP contribution in [-0.2, 0) is 0 Å². The molecule has 3 rings (SSSR count).